The molecule has 2 N–H and O–H groups in total. The summed E-state index contributed by atoms with van der Waals surface area (Å²) in [5.74, 6) is -3.21. The van der Waals surface area contributed by atoms with Gasteiger partial charge in [-0.05, 0) is 32.6 Å². The van der Waals surface area contributed by atoms with Crippen LogP contribution in [0.5, 0.6) is 0 Å². The van der Waals surface area contributed by atoms with Crippen LogP contribution in [0.15, 0.2) is 24.3 Å². The zero-order valence-corrected chi connectivity index (χ0v) is 22.9. The molecule has 0 unspecified atom stereocenters. The molecule has 0 aromatic heterocycles. The highest BCUT2D eigenvalue weighted by Gasteiger charge is 2.72. The lowest BCUT2D eigenvalue weighted by molar-refractivity contribution is -0.160. The van der Waals surface area contributed by atoms with E-state index in [9.17, 15) is 24.3 Å². The van der Waals surface area contributed by atoms with Crippen molar-refractivity contribution in [2.45, 2.75) is 101 Å². The van der Waals surface area contributed by atoms with Crippen molar-refractivity contribution in [3.8, 4) is 0 Å². The van der Waals surface area contributed by atoms with Crippen molar-refractivity contribution in [3.63, 3.8) is 0 Å². The van der Waals surface area contributed by atoms with Gasteiger partial charge in [0.15, 0.2) is 0 Å². The fourth-order valence-electron chi connectivity index (χ4n) is 7.15. The number of allylic oxidation sites excluding steroid dienone is 1. The highest BCUT2D eigenvalue weighted by Crippen LogP contribution is 2.54. The summed E-state index contributed by atoms with van der Waals surface area (Å²) in [5.41, 5.74) is -1.36. The van der Waals surface area contributed by atoms with Crippen LogP contribution >= 0.6 is 0 Å². The number of amides is 3. The number of rotatable bonds is 4. The van der Waals surface area contributed by atoms with Gasteiger partial charge in [0, 0.05) is 19.0 Å². The molecule has 5 rings (SSSR count). The van der Waals surface area contributed by atoms with E-state index in [4.69, 9.17) is 9.47 Å². The zero-order chi connectivity index (χ0) is 27.7. The van der Waals surface area contributed by atoms with Gasteiger partial charge in [-0.3, -0.25) is 19.2 Å². The van der Waals surface area contributed by atoms with E-state index < -0.39 is 47.7 Å². The number of carbonyl (C=O) groups is 4. The average molecular weight is 544 g/mol. The minimum Gasteiger partial charge on any atom is -0.460 e. The molecule has 3 fully saturated rings. The summed E-state index contributed by atoms with van der Waals surface area (Å²) in [6.45, 7) is 3.86. The summed E-state index contributed by atoms with van der Waals surface area (Å²) in [5, 5.41) is 13.0. The Morgan fingerprint density at radius 1 is 1.13 bits per heavy atom. The fourth-order valence-corrected chi connectivity index (χ4v) is 7.15. The van der Waals surface area contributed by atoms with E-state index in [0.717, 1.165) is 32.1 Å². The summed E-state index contributed by atoms with van der Waals surface area (Å²) >= 11 is 0. The number of likely N-dealkylation sites (tertiary alicyclic amines) is 1. The first-order chi connectivity index (χ1) is 18.8. The lowest BCUT2D eigenvalue weighted by Crippen LogP contribution is -2.59. The van der Waals surface area contributed by atoms with Crippen LogP contribution in [-0.4, -0.2) is 94.2 Å². The van der Waals surface area contributed by atoms with Crippen molar-refractivity contribution in [1.29, 1.82) is 0 Å². The Hall–Kier alpha value is -2.72. The van der Waals surface area contributed by atoms with Crippen LogP contribution < -0.4 is 5.32 Å². The van der Waals surface area contributed by atoms with Crippen LogP contribution in [0.25, 0.3) is 0 Å². The maximum absolute atomic E-state index is 14.4. The second kappa shape index (κ2) is 11.4. The minimum absolute atomic E-state index is 0.0848. The third kappa shape index (κ3) is 4.90. The quantitative estimate of drug-likeness (QED) is 0.406. The summed E-state index contributed by atoms with van der Waals surface area (Å²) in [6.07, 6.45) is 12.2. The van der Waals surface area contributed by atoms with Crippen LogP contribution in [0.4, 0.5) is 0 Å². The molecule has 10 nitrogen and oxygen atoms in total. The summed E-state index contributed by atoms with van der Waals surface area (Å²) in [4.78, 5) is 57.9. The molecule has 214 valence electrons. The van der Waals surface area contributed by atoms with Crippen molar-refractivity contribution in [3.05, 3.63) is 24.3 Å². The van der Waals surface area contributed by atoms with Gasteiger partial charge in [-0.2, -0.15) is 0 Å². The standard InChI is InChI=1S/C29H41N3O7/c1-3-19(17-33)32-25-27(36)31(20-10-5-4-6-11-20)15-9-14-29(25)24(26(32)35)23-21(39-29)12-7-8-13-22(34)30-16-18(2)38-28(23)37/h7,9,12,14,18-21,23-25,33H,3-6,8,10-11,13,15-17H2,1-2H3,(H,30,34)/b12-7-/t18-,19+,21-,23+,24+,25-,29+/m1/s1. The molecule has 7 atom stereocenters. The van der Waals surface area contributed by atoms with E-state index in [1.54, 1.807) is 19.1 Å². The van der Waals surface area contributed by atoms with Crippen molar-refractivity contribution < 1.29 is 33.8 Å². The van der Waals surface area contributed by atoms with Crippen molar-refractivity contribution in [2.24, 2.45) is 11.8 Å². The van der Waals surface area contributed by atoms with Crippen molar-refractivity contribution in [2.75, 3.05) is 19.7 Å². The maximum atomic E-state index is 14.4. The molecule has 1 spiro atoms. The smallest absolute Gasteiger partial charge is 0.313 e. The molecular weight excluding hydrogens is 502 g/mol. The molecule has 0 aromatic rings. The molecule has 3 amide bonds. The summed E-state index contributed by atoms with van der Waals surface area (Å²) in [7, 11) is 0. The first-order valence-corrected chi connectivity index (χ1v) is 14.5. The van der Waals surface area contributed by atoms with Gasteiger partial charge in [0.05, 0.1) is 31.2 Å². The van der Waals surface area contributed by atoms with Gasteiger partial charge < -0.3 is 29.7 Å². The normalized spacial score (nSPS) is 37.6. The second-order valence-electron chi connectivity index (χ2n) is 11.5. The Labute approximate surface area is 229 Å². The molecule has 1 saturated carbocycles. The first-order valence-electron chi connectivity index (χ1n) is 14.5. The van der Waals surface area contributed by atoms with Crippen LogP contribution in [0.3, 0.4) is 0 Å². The molecule has 2 saturated heterocycles. The van der Waals surface area contributed by atoms with Gasteiger partial charge in [0.25, 0.3) is 0 Å². The number of nitrogens with one attached hydrogen (secondary N) is 1. The maximum Gasteiger partial charge on any atom is 0.313 e. The van der Waals surface area contributed by atoms with Crippen LogP contribution in [0.1, 0.15) is 65.2 Å². The highest BCUT2D eigenvalue weighted by molar-refractivity contribution is 5.99. The molecule has 39 heavy (non-hydrogen) atoms. The third-order valence-corrected chi connectivity index (χ3v) is 9.09. The van der Waals surface area contributed by atoms with Gasteiger partial charge in [-0.25, -0.2) is 0 Å². The number of hydrogen-bond acceptors (Lipinski definition) is 7. The third-order valence-electron chi connectivity index (χ3n) is 9.09. The number of aliphatic hydroxyl groups excluding tert-OH is 1. The van der Waals surface area contributed by atoms with E-state index in [1.165, 1.54) is 4.90 Å². The van der Waals surface area contributed by atoms with Crippen molar-refractivity contribution >= 4 is 23.7 Å². The van der Waals surface area contributed by atoms with Crippen molar-refractivity contribution in [1.82, 2.24) is 15.1 Å². The van der Waals surface area contributed by atoms with Gasteiger partial charge in [-0.15, -0.1) is 0 Å². The number of nitrogens with zero attached hydrogens (tertiary/aromatic N) is 2. The van der Waals surface area contributed by atoms with Gasteiger partial charge in [0.2, 0.25) is 17.7 Å². The van der Waals surface area contributed by atoms with Crippen LogP contribution in [0.2, 0.25) is 0 Å². The van der Waals surface area contributed by atoms with E-state index in [1.807, 2.05) is 24.0 Å². The van der Waals surface area contributed by atoms with Gasteiger partial charge in [0.1, 0.15) is 23.7 Å². The molecule has 1 aliphatic carbocycles. The number of ether oxygens (including phenoxy) is 2. The van der Waals surface area contributed by atoms with E-state index in [0.29, 0.717) is 19.4 Å². The average Bonchev–Trinajstić information content (AvgIpc) is 3.31. The predicted molar refractivity (Wildman–Crippen MR) is 141 cm³/mol. The second-order valence-corrected chi connectivity index (χ2v) is 11.5. The molecule has 4 aliphatic heterocycles. The zero-order valence-electron chi connectivity index (χ0n) is 22.9. The Kier molecular flexibility index (Phi) is 8.14. The SMILES string of the molecule is CC[C@@H](CO)N1C(=O)[C@@H]2[C@H]3C(=O)O[C@H](C)CNC(=O)CC/C=C\[C@H]3O[C@@]23C=CCN(C2CCCCC2)C(=O)[C@@H]13. The summed E-state index contributed by atoms with van der Waals surface area (Å²) < 4.78 is 12.4. The largest absolute Gasteiger partial charge is 0.460 e. The number of carbonyl (C=O) groups excluding carboxylic acids is 4. The number of cyclic esters (lactones) is 1. The number of esters is 1. The molecule has 0 radical (unpaired) electrons. The fraction of sp³-hybridized carbons (Fsp3) is 0.724. The monoisotopic (exact) mass is 543 g/mol. The lowest BCUT2D eigenvalue weighted by Gasteiger charge is -2.41. The Balaban J connectivity index is 1.58. The number of hydrogen-bond donors (Lipinski definition) is 2. The van der Waals surface area contributed by atoms with Crippen LogP contribution in [0, 0.1) is 11.8 Å². The van der Waals surface area contributed by atoms with E-state index >= 15 is 0 Å². The Bertz CT molecular complexity index is 1030. The lowest BCUT2D eigenvalue weighted by atomic mass is 9.77. The highest BCUT2D eigenvalue weighted by atomic mass is 16.6. The summed E-state index contributed by atoms with van der Waals surface area (Å²) in [6, 6.07) is -1.48. The minimum atomic E-state index is -1.36. The number of fused-ring (bicyclic) bond motifs is 2. The van der Waals surface area contributed by atoms with Crippen LogP contribution in [-0.2, 0) is 28.7 Å². The van der Waals surface area contributed by atoms with E-state index in [2.05, 4.69) is 5.32 Å². The molecule has 10 heteroatoms. The molecule has 0 bridgehead atoms. The Morgan fingerprint density at radius 2 is 1.90 bits per heavy atom. The van der Waals surface area contributed by atoms with Gasteiger partial charge in [-0.1, -0.05) is 50.5 Å². The molecule has 5 aliphatic rings. The predicted octanol–water partition coefficient (Wildman–Crippen LogP) is 1.47. The first kappa shape index (κ1) is 27.8. The molecular formula is C29H41N3O7. The Morgan fingerprint density at radius 3 is 2.62 bits per heavy atom. The molecule has 0 aromatic carbocycles. The number of aliphatic hydroxyl groups is 1. The van der Waals surface area contributed by atoms with E-state index in [-0.39, 0.29) is 43.3 Å². The molecule has 4 heterocycles. The topological polar surface area (TPSA) is 125 Å². The van der Waals surface area contributed by atoms with Gasteiger partial charge >= 0.3 is 5.97 Å².